The third-order valence-corrected chi connectivity index (χ3v) is 3.91. The smallest absolute Gasteiger partial charge is 0.321 e. The van der Waals surface area contributed by atoms with Crippen molar-refractivity contribution in [1.29, 1.82) is 0 Å². The molecule has 22 heavy (non-hydrogen) atoms. The van der Waals surface area contributed by atoms with Gasteiger partial charge in [-0.2, -0.15) is 4.73 Å². The van der Waals surface area contributed by atoms with Gasteiger partial charge in [0.05, 0.1) is 0 Å². The van der Waals surface area contributed by atoms with Crippen LogP contribution in [0.1, 0.15) is 28.9 Å². The van der Waals surface area contributed by atoms with Crippen LogP contribution < -0.4 is 10.0 Å². The summed E-state index contributed by atoms with van der Waals surface area (Å²) in [4.78, 5) is 14.7. The zero-order chi connectivity index (χ0) is 15.4. The highest BCUT2D eigenvalue weighted by Gasteiger charge is 2.18. The molecule has 1 aromatic heterocycles. The molecule has 0 bridgehead atoms. The van der Waals surface area contributed by atoms with Gasteiger partial charge in [-0.05, 0) is 43.6 Å². The normalized spacial score (nSPS) is 14.9. The zero-order valence-electron chi connectivity index (χ0n) is 12.4. The standard InChI is InChI=1S/C17H19N3O2/c21-17(16-9-3-4-12-20(16)22)18-15-8-2-1-7-14(15)13-19-10-5-6-11-19/h1-4,7-9,12H,5-6,10-11,13H2,(H,18,21). The van der Waals surface area contributed by atoms with E-state index in [-0.39, 0.29) is 11.6 Å². The number of hydrogen-bond donors (Lipinski definition) is 1. The minimum atomic E-state index is -0.385. The van der Waals surface area contributed by atoms with Crippen molar-refractivity contribution in [3.8, 4) is 0 Å². The van der Waals surface area contributed by atoms with Gasteiger partial charge in [0.25, 0.3) is 5.69 Å². The fraction of sp³-hybridized carbons (Fsp3) is 0.294. The third kappa shape index (κ3) is 3.26. The number of carbonyl (C=O) groups excluding carboxylic acids is 1. The molecule has 0 radical (unpaired) electrons. The summed E-state index contributed by atoms with van der Waals surface area (Å²) >= 11 is 0. The molecule has 1 aromatic carbocycles. The van der Waals surface area contributed by atoms with Crippen LogP contribution in [0, 0.1) is 5.21 Å². The van der Waals surface area contributed by atoms with Crippen LogP contribution in [0.2, 0.25) is 0 Å². The Morgan fingerprint density at radius 3 is 2.64 bits per heavy atom. The van der Waals surface area contributed by atoms with E-state index in [1.807, 2.05) is 24.3 Å². The number of anilines is 1. The van der Waals surface area contributed by atoms with Gasteiger partial charge in [-0.25, -0.2) is 0 Å². The maximum absolute atomic E-state index is 12.3. The summed E-state index contributed by atoms with van der Waals surface area (Å²) in [6.07, 6.45) is 3.79. The second-order valence-corrected chi connectivity index (χ2v) is 5.51. The van der Waals surface area contributed by atoms with Crippen LogP contribution in [-0.4, -0.2) is 23.9 Å². The van der Waals surface area contributed by atoms with Crippen molar-refractivity contribution < 1.29 is 9.52 Å². The van der Waals surface area contributed by atoms with E-state index in [2.05, 4.69) is 10.2 Å². The van der Waals surface area contributed by atoms with Crippen molar-refractivity contribution in [1.82, 2.24) is 4.90 Å². The Balaban J connectivity index is 1.77. The molecule has 1 aliphatic heterocycles. The van der Waals surface area contributed by atoms with Crippen LogP contribution in [0.25, 0.3) is 0 Å². The van der Waals surface area contributed by atoms with Crippen molar-refractivity contribution in [2.24, 2.45) is 0 Å². The zero-order valence-corrected chi connectivity index (χ0v) is 12.4. The maximum atomic E-state index is 12.3. The topological polar surface area (TPSA) is 59.3 Å². The quantitative estimate of drug-likeness (QED) is 0.695. The molecule has 3 rings (SSSR count). The maximum Gasteiger partial charge on any atom is 0.321 e. The Morgan fingerprint density at radius 2 is 1.86 bits per heavy atom. The van der Waals surface area contributed by atoms with Crippen LogP contribution in [-0.2, 0) is 6.54 Å². The predicted molar refractivity (Wildman–Crippen MR) is 84.3 cm³/mol. The number of amides is 1. The molecular weight excluding hydrogens is 278 g/mol. The number of para-hydroxylation sites is 1. The van der Waals surface area contributed by atoms with Gasteiger partial charge in [0, 0.05) is 24.4 Å². The van der Waals surface area contributed by atoms with E-state index in [9.17, 15) is 10.0 Å². The Bertz CT molecular complexity index is 666. The number of pyridine rings is 1. The lowest BCUT2D eigenvalue weighted by Crippen LogP contribution is -2.36. The minimum Gasteiger partial charge on any atom is -0.618 e. The average Bonchev–Trinajstić information content (AvgIpc) is 3.02. The SMILES string of the molecule is O=C(Nc1ccccc1CN1CCCC1)c1cccc[n+]1[O-]. The van der Waals surface area contributed by atoms with E-state index in [4.69, 9.17) is 0 Å². The van der Waals surface area contributed by atoms with Crippen LogP contribution in [0.3, 0.4) is 0 Å². The lowest BCUT2D eigenvalue weighted by Gasteiger charge is -2.17. The first kappa shape index (κ1) is 14.5. The van der Waals surface area contributed by atoms with E-state index < -0.39 is 0 Å². The van der Waals surface area contributed by atoms with Gasteiger partial charge in [-0.1, -0.05) is 18.2 Å². The van der Waals surface area contributed by atoms with E-state index in [0.717, 1.165) is 30.9 Å². The number of carbonyl (C=O) groups is 1. The molecule has 1 amide bonds. The highest BCUT2D eigenvalue weighted by molar-refractivity contribution is 6.02. The summed E-state index contributed by atoms with van der Waals surface area (Å²) in [5.74, 6) is -0.385. The Kier molecular flexibility index (Phi) is 4.34. The first-order valence-corrected chi connectivity index (χ1v) is 7.54. The Morgan fingerprint density at radius 1 is 1.14 bits per heavy atom. The van der Waals surface area contributed by atoms with Crippen LogP contribution in [0.4, 0.5) is 5.69 Å². The van der Waals surface area contributed by atoms with Crippen LogP contribution in [0.5, 0.6) is 0 Å². The molecule has 1 fully saturated rings. The summed E-state index contributed by atoms with van der Waals surface area (Å²) in [5, 5.41) is 14.5. The van der Waals surface area contributed by atoms with Crippen molar-refractivity contribution in [3.63, 3.8) is 0 Å². The Labute approximate surface area is 129 Å². The molecule has 5 nitrogen and oxygen atoms in total. The largest absolute Gasteiger partial charge is 0.618 e. The molecule has 1 aliphatic rings. The van der Waals surface area contributed by atoms with E-state index in [1.54, 1.807) is 12.1 Å². The van der Waals surface area contributed by atoms with Crippen molar-refractivity contribution in [3.05, 3.63) is 65.1 Å². The first-order chi connectivity index (χ1) is 10.7. The van der Waals surface area contributed by atoms with Crippen LogP contribution in [0.15, 0.2) is 48.7 Å². The second kappa shape index (κ2) is 6.58. The van der Waals surface area contributed by atoms with Gasteiger partial charge in [0.2, 0.25) is 0 Å². The monoisotopic (exact) mass is 297 g/mol. The van der Waals surface area contributed by atoms with Gasteiger partial charge >= 0.3 is 5.91 Å². The number of nitrogens with one attached hydrogen (secondary N) is 1. The second-order valence-electron chi connectivity index (χ2n) is 5.51. The molecule has 5 heteroatoms. The molecule has 114 valence electrons. The highest BCUT2D eigenvalue weighted by atomic mass is 16.5. The van der Waals surface area contributed by atoms with E-state index in [0.29, 0.717) is 4.73 Å². The van der Waals surface area contributed by atoms with Crippen LogP contribution >= 0.6 is 0 Å². The molecule has 0 atom stereocenters. The van der Waals surface area contributed by atoms with Gasteiger partial charge < -0.3 is 10.5 Å². The summed E-state index contributed by atoms with van der Waals surface area (Å²) in [6.45, 7) is 3.02. The molecule has 2 aromatic rings. The van der Waals surface area contributed by atoms with E-state index in [1.165, 1.54) is 25.1 Å². The number of benzene rings is 1. The first-order valence-electron chi connectivity index (χ1n) is 7.54. The average molecular weight is 297 g/mol. The predicted octanol–water partition coefficient (Wildman–Crippen LogP) is 2.17. The molecule has 0 saturated carbocycles. The number of hydrogen-bond acceptors (Lipinski definition) is 3. The number of nitrogens with zero attached hydrogens (tertiary/aromatic N) is 2. The molecule has 0 aliphatic carbocycles. The minimum absolute atomic E-state index is 0.0958. The summed E-state index contributed by atoms with van der Waals surface area (Å²) < 4.78 is 0.582. The number of likely N-dealkylation sites (tertiary alicyclic amines) is 1. The molecular formula is C17H19N3O2. The lowest BCUT2D eigenvalue weighted by atomic mass is 10.1. The van der Waals surface area contributed by atoms with Gasteiger partial charge in [-0.3, -0.25) is 9.69 Å². The molecule has 1 N–H and O–H groups in total. The molecule has 0 unspecified atom stereocenters. The Hall–Kier alpha value is -2.40. The fourth-order valence-corrected chi connectivity index (χ4v) is 2.75. The highest BCUT2D eigenvalue weighted by Crippen LogP contribution is 2.20. The molecule has 2 heterocycles. The summed E-state index contributed by atoms with van der Waals surface area (Å²) in [5.41, 5.74) is 1.94. The number of aromatic nitrogens is 1. The third-order valence-electron chi connectivity index (χ3n) is 3.91. The molecule has 1 saturated heterocycles. The number of rotatable bonds is 4. The van der Waals surface area contributed by atoms with E-state index >= 15 is 0 Å². The lowest BCUT2D eigenvalue weighted by molar-refractivity contribution is -0.607. The fourth-order valence-electron chi connectivity index (χ4n) is 2.75. The molecule has 0 spiro atoms. The summed E-state index contributed by atoms with van der Waals surface area (Å²) in [7, 11) is 0. The summed E-state index contributed by atoms with van der Waals surface area (Å²) in [6, 6.07) is 12.6. The van der Waals surface area contributed by atoms with Gasteiger partial charge in [0.15, 0.2) is 6.20 Å². The van der Waals surface area contributed by atoms with Crippen molar-refractivity contribution in [2.75, 3.05) is 18.4 Å². The van der Waals surface area contributed by atoms with Gasteiger partial charge in [-0.15, -0.1) is 0 Å². The van der Waals surface area contributed by atoms with Gasteiger partial charge in [0.1, 0.15) is 0 Å². The van der Waals surface area contributed by atoms with Crippen molar-refractivity contribution >= 4 is 11.6 Å². The van der Waals surface area contributed by atoms with Crippen molar-refractivity contribution in [2.45, 2.75) is 19.4 Å².